The van der Waals surface area contributed by atoms with Crippen molar-refractivity contribution in [3.05, 3.63) is 0 Å². The van der Waals surface area contributed by atoms with Crippen molar-refractivity contribution in [2.75, 3.05) is 12.4 Å². The summed E-state index contributed by atoms with van der Waals surface area (Å²) in [5.74, 6) is 0.686. The fourth-order valence-corrected chi connectivity index (χ4v) is 3.59. The zero-order valence-electron chi connectivity index (χ0n) is 11.1. The zero-order valence-corrected chi connectivity index (χ0v) is 12.0. The zero-order chi connectivity index (χ0) is 13.5. The molecule has 3 N–H and O–H groups in total. The lowest BCUT2D eigenvalue weighted by Gasteiger charge is -2.29. The smallest absolute Gasteiger partial charge is 0.315 e. The second-order valence-corrected chi connectivity index (χ2v) is 6.86. The van der Waals surface area contributed by atoms with Crippen molar-refractivity contribution in [3.63, 3.8) is 0 Å². The Morgan fingerprint density at radius 3 is 2.83 bits per heavy atom. The van der Waals surface area contributed by atoms with Gasteiger partial charge in [-0.25, -0.2) is 4.79 Å². The van der Waals surface area contributed by atoms with Gasteiger partial charge >= 0.3 is 6.03 Å². The molecule has 4 atom stereocenters. The van der Waals surface area contributed by atoms with E-state index in [2.05, 4.69) is 10.6 Å². The maximum absolute atomic E-state index is 11.8. The Morgan fingerprint density at radius 1 is 1.50 bits per heavy atom. The molecule has 4 unspecified atom stereocenters. The molecule has 2 amide bonds. The average Bonchev–Trinajstić information content (AvgIpc) is 2.37. The van der Waals surface area contributed by atoms with E-state index in [9.17, 15) is 9.00 Å². The minimum Gasteiger partial charge on any atom is -0.394 e. The summed E-state index contributed by atoms with van der Waals surface area (Å²) in [4.78, 5) is 11.6. The van der Waals surface area contributed by atoms with Gasteiger partial charge in [0.1, 0.15) is 0 Å². The van der Waals surface area contributed by atoms with Crippen LogP contribution in [-0.2, 0) is 10.8 Å². The van der Waals surface area contributed by atoms with Crippen LogP contribution in [0.3, 0.4) is 0 Å². The summed E-state index contributed by atoms with van der Waals surface area (Å²) < 4.78 is 11.8. The number of carbonyl (C=O) groups excluding carboxylic acids is 1. The predicted molar refractivity (Wildman–Crippen MR) is 72.9 cm³/mol. The Balaban J connectivity index is 2.38. The molecule has 0 bridgehead atoms. The Kier molecular flexibility index (Phi) is 6.63. The molecule has 0 radical (unpaired) electrons. The van der Waals surface area contributed by atoms with Crippen LogP contribution in [0.25, 0.3) is 0 Å². The van der Waals surface area contributed by atoms with Crippen molar-refractivity contribution in [1.82, 2.24) is 10.6 Å². The van der Waals surface area contributed by atoms with Crippen LogP contribution in [0.5, 0.6) is 0 Å². The molecule has 1 aliphatic carbocycles. The van der Waals surface area contributed by atoms with E-state index in [0.717, 1.165) is 25.7 Å². The van der Waals surface area contributed by atoms with Crippen LogP contribution in [0.2, 0.25) is 0 Å². The Morgan fingerprint density at radius 2 is 2.22 bits per heavy atom. The number of carbonyl (C=O) groups is 1. The third-order valence-corrected chi connectivity index (χ3v) is 5.01. The van der Waals surface area contributed by atoms with Crippen LogP contribution >= 0.6 is 0 Å². The lowest BCUT2D eigenvalue weighted by molar-refractivity contribution is 0.214. The van der Waals surface area contributed by atoms with Crippen molar-refractivity contribution in [2.24, 2.45) is 0 Å². The molecule has 106 valence electrons. The van der Waals surface area contributed by atoms with Crippen LogP contribution in [-0.4, -0.2) is 45.0 Å². The Bertz CT molecular complexity index is 299. The Hall–Kier alpha value is -0.620. The largest absolute Gasteiger partial charge is 0.394 e. The van der Waals surface area contributed by atoms with Crippen LogP contribution < -0.4 is 10.6 Å². The highest BCUT2D eigenvalue weighted by Gasteiger charge is 2.26. The lowest BCUT2D eigenvalue weighted by Crippen LogP contribution is -2.48. The molecule has 0 aliphatic heterocycles. The number of hydrogen-bond acceptors (Lipinski definition) is 3. The predicted octanol–water partition coefficient (Wildman–Crippen LogP) is 0.746. The standard InChI is InChI=1S/C12H24N2O3S/c1-3-18(17)11-6-4-5-10(7-11)14-12(16)13-9(2)8-15/h9-11,15H,3-8H2,1-2H3,(H2,13,14,16). The molecule has 5 nitrogen and oxygen atoms in total. The van der Waals surface area contributed by atoms with Crippen LogP contribution in [0.1, 0.15) is 39.5 Å². The van der Waals surface area contributed by atoms with Crippen molar-refractivity contribution in [3.8, 4) is 0 Å². The number of hydrogen-bond donors (Lipinski definition) is 3. The number of urea groups is 1. The van der Waals surface area contributed by atoms with Gasteiger partial charge in [0, 0.05) is 27.8 Å². The van der Waals surface area contributed by atoms with Gasteiger partial charge in [-0.1, -0.05) is 13.3 Å². The van der Waals surface area contributed by atoms with Crippen LogP contribution in [0, 0.1) is 0 Å². The molecule has 0 aromatic rings. The van der Waals surface area contributed by atoms with E-state index in [0.29, 0.717) is 5.75 Å². The minimum absolute atomic E-state index is 0.0689. The van der Waals surface area contributed by atoms with E-state index in [1.54, 1.807) is 6.92 Å². The molecule has 0 aromatic carbocycles. The summed E-state index contributed by atoms with van der Waals surface area (Å²) >= 11 is 0. The van der Waals surface area contributed by atoms with Crippen molar-refractivity contribution in [2.45, 2.75) is 56.9 Å². The summed E-state index contributed by atoms with van der Waals surface area (Å²) in [7, 11) is -0.773. The van der Waals surface area contributed by atoms with Gasteiger partial charge in [-0.15, -0.1) is 0 Å². The minimum atomic E-state index is -0.773. The molecule has 1 aliphatic rings. The van der Waals surface area contributed by atoms with E-state index in [1.807, 2.05) is 6.92 Å². The van der Waals surface area contributed by atoms with E-state index in [4.69, 9.17) is 5.11 Å². The van der Waals surface area contributed by atoms with Gasteiger partial charge < -0.3 is 15.7 Å². The van der Waals surface area contributed by atoms with Crippen LogP contribution in [0.15, 0.2) is 0 Å². The number of nitrogens with one attached hydrogen (secondary N) is 2. The van der Waals surface area contributed by atoms with Gasteiger partial charge in [0.05, 0.1) is 12.6 Å². The lowest BCUT2D eigenvalue weighted by atomic mass is 9.95. The first kappa shape index (κ1) is 15.4. The maximum Gasteiger partial charge on any atom is 0.315 e. The van der Waals surface area contributed by atoms with Gasteiger partial charge in [-0.3, -0.25) is 4.21 Å². The molecule has 0 heterocycles. The molecule has 0 aromatic heterocycles. The quantitative estimate of drug-likeness (QED) is 0.693. The van der Waals surface area contributed by atoms with Gasteiger partial charge in [0.15, 0.2) is 0 Å². The van der Waals surface area contributed by atoms with Gasteiger partial charge in [0.25, 0.3) is 0 Å². The first-order chi connectivity index (χ1) is 8.56. The molecule has 1 fully saturated rings. The van der Waals surface area contributed by atoms with Gasteiger partial charge in [-0.05, 0) is 26.2 Å². The number of amides is 2. The van der Waals surface area contributed by atoms with Crippen molar-refractivity contribution < 1.29 is 14.1 Å². The highest BCUT2D eigenvalue weighted by molar-refractivity contribution is 7.85. The SMILES string of the molecule is CCS(=O)C1CCCC(NC(=O)NC(C)CO)C1. The third kappa shape index (κ3) is 4.94. The molecular formula is C12H24N2O3S. The van der Waals surface area contributed by atoms with E-state index < -0.39 is 10.8 Å². The average molecular weight is 276 g/mol. The summed E-state index contributed by atoms with van der Waals surface area (Å²) in [6, 6.07) is -0.385. The van der Waals surface area contributed by atoms with E-state index in [1.165, 1.54) is 0 Å². The molecule has 6 heteroatoms. The topological polar surface area (TPSA) is 78.4 Å². The summed E-state index contributed by atoms with van der Waals surface area (Å²) in [5, 5.41) is 14.6. The molecule has 18 heavy (non-hydrogen) atoms. The number of rotatable bonds is 5. The summed E-state index contributed by atoms with van der Waals surface area (Å²) in [6.07, 6.45) is 3.74. The van der Waals surface area contributed by atoms with Crippen molar-refractivity contribution in [1.29, 1.82) is 0 Å². The molecule has 1 saturated carbocycles. The fraction of sp³-hybridized carbons (Fsp3) is 0.917. The van der Waals surface area contributed by atoms with Crippen LogP contribution in [0.4, 0.5) is 4.79 Å². The van der Waals surface area contributed by atoms with Gasteiger partial charge in [-0.2, -0.15) is 0 Å². The summed E-state index contributed by atoms with van der Waals surface area (Å²) in [6.45, 7) is 3.61. The van der Waals surface area contributed by atoms with Gasteiger partial charge in [0.2, 0.25) is 0 Å². The normalized spacial score (nSPS) is 27.3. The number of aliphatic hydroxyl groups excluding tert-OH is 1. The first-order valence-electron chi connectivity index (χ1n) is 6.61. The molecule has 0 spiro atoms. The first-order valence-corrected chi connectivity index (χ1v) is 8.00. The molecule has 1 rings (SSSR count). The number of aliphatic hydroxyl groups is 1. The Labute approximate surface area is 111 Å². The van der Waals surface area contributed by atoms with Crippen molar-refractivity contribution >= 4 is 16.8 Å². The fourth-order valence-electron chi connectivity index (χ4n) is 2.25. The maximum atomic E-state index is 11.8. The second kappa shape index (κ2) is 7.74. The van der Waals surface area contributed by atoms with E-state index in [-0.39, 0.29) is 30.0 Å². The highest BCUT2D eigenvalue weighted by Crippen LogP contribution is 2.22. The highest BCUT2D eigenvalue weighted by atomic mass is 32.2. The molecule has 0 saturated heterocycles. The monoisotopic (exact) mass is 276 g/mol. The summed E-state index contributed by atoms with van der Waals surface area (Å²) in [5.41, 5.74) is 0. The molecular weight excluding hydrogens is 252 g/mol. The third-order valence-electron chi connectivity index (χ3n) is 3.27. The second-order valence-electron chi connectivity index (χ2n) is 4.86. The van der Waals surface area contributed by atoms with E-state index >= 15 is 0 Å².